The quantitative estimate of drug-likeness (QED) is 0.897. The molecule has 0 bridgehead atoms. The van der Waals surface area contributed by atoms with Crippen molar-refractivity contribution in [3.8, 4) is 5.69 Å². The van der Waals surface area contributed by atoms with Crippen LogP contribution in [0.25, 0.3) is 5.69 Å². The molecule has 7 heteroatoms. The lowest BCUT2D eigenvalue weighted by atomic mass is 10.2. The predicted octanol–water partition coefficient (Wildman–Crippen LogP) is 2.39. The Hall–Kier alpha value is -1.47. The Morgan fingerprint density at radius 3 is 2.83 bits per heavy atom. The molecule has 1 N–H and O–H groups in total. The fraction of sp³-hybridized carbons (Fsp3) is 0.471. The number of rotatable bonds is 5. The Bertz CT molecular complexity index is 689. The second kappa shape index (κ2) is 7.61. The van der Waals surface area contributed by atoms with E-state index in [-0.39, 0.29) is 11.9 Å². The van der Waals surface area contributed by atoms with Crippen LogP contribution in [0.5, 0.6) is 0 Å². The third kappa shape index (κ3) is 3.95. The molecule has 0 aliphatic carbocycles. The van der Waals surface area contributed by atoms with Crippen LogP contribution in [-0.4, -0.2) is 54.1 Å². The van der Waals surface area contributed by atoms with Crippen molar-refractivity contribution < 1.29 is 9.13 Å². The summed E-state index contributed by atoms with van der Waals surface area (Å²) in [7, 11) is 2.10. The van der Waals surface area contributed by atoms with Gasteiger partial charge in [-0.25, -0.2) is 9.07 Å². The van der Waals surface area contributed by atoms with Crippen LogP contribution in [0.1, 0.15) is 11.3 Å². The second-order valence-electron chi connectivity index (χ2n) is 6.13. The molecule has 0 spiro atoms. The highest BCUT2D eigenvalue weighted by molar-refractivity contribution is 6.30. The lowest BCUT2D eigenvalue weighted by Crippen LogP contribution is -2.44. The fourth-order valence-electron chi connectivity index (χ4n) is 2.83. The maximum Gasteiger partial charge on any atom is 0.137 e. The number of nitrogens with one attached hydrogen (secondary N) is 1. The highest BCUT2D eigenvalue weighted by atomic mass is 35.5. The summed E-state index contributed by atoms with van der Waals surface area (Å²) in [5.74, 6) is -0.280. The molecule has 5 nitrogen and oxygen atoms in total. The molecule has 0 saturated carbocycles. The molecule has 24 heavy (non-hydrogen) atoms. The normalized spacial score (nSPS) is 18.9. The number of aryl methyl sites for hydroxylation is 1. The molecule has 1 aromatic heterocycles. The van der Waals surface area contributed by atoms with Gasteiger partial charge in [0.05, 0.1) is 24.1 Å². The molecule has 0 amide bonds. The molecule has 130 valence electrons. The summed E-state index contributed by atoms with van der Waals surface area (Å²) in [5, 5.41) is 8.42. The minimum absolute atomic E-state index is 0.190. The summed E-state index contributed by atoms with van der Waals surface area (Å²) in [6.07, 6.45) is 0.190. The second-order valence-corrected chi connectivity index (χ2v) is 6.49. The first-order chi connectivity index (χ1) is 11.5. The van der Waals surface area contributed by atoms with Gasteiger partial charge < -0.3 is 15.0 Å². The number of halogens is 2. The SMILES string of the molecule is Cc1nn(-c2ccc(F)cc2)c(Cl)c1CNC[C@@H]1CN(C)CCO1. The van der Waals surface area contributed by atoms with Gasteiger partial charge in [-0.15, -0.1) is 0 Å². The Kier molecular flexibility index (Phi) is 5.50. The standard InChI is InChI=1S/C17H22ClFN4O/c1-12-16(10-20-9-15-11-22(2)7-8-24-15)17(18)23(21-12)14-5-3-13(19)4-6-14/h3-6,15,20H,7-11H2,1-2H3/t15-/m1/s1. The number of hydrogen-bond acceptors (Lipinski definition) is 4. The number of nitrogens with zero attached hydrogens (tertiary/aromatic N) is 3. The van der Waals surface area contributed by atoms with Crippen LogP contribution in [0.2, 0.25) is 5.15 Å². The number of likely N-dealkylation sites (N-methyl/N-ethyl adjacent to an activating group) is 1. The Balaban J connectivity index is 1.65. The van der Waals surface area contributed by atoms with E-state index in [9.17, 15) is 4.39 Å². The van der Waals surface area contributed by atoms with Crippen LogP contribution in [-0.2, 0) is 11.3 Å². The van der Waals surface area contributed by atoms with Crippen LogP contribution >= 0.6 is 11.6 Å². The van der Waals surface area contributed by atoms with Crippen LogP contribution in [0.4, 0.5) is 4.39 Å². The van der Waals surface area contributed by atoms with E-state index in [2.05, 4.69) is 22.4 Å². The minimum Gasteiger partial charge on any atom is -0.374 e. The zero-order chi connectivity index (χ0) is 17.1. The van der Waals surface area contributed by atoms with E-state index in [1.165, 1.54) is 12.1 Å². The van der Waals surface area contributed by atoms with Crippen LogP contribution < -0.4 is 5.32 Å². The topological polar surface area (TPSA) is 42.3 Å². The molecular formula is C17H22ClFN4O. The van der Waals surface area contributed by atoms with Gasteiger partial charge in [0.2, 0.25) is 0 Å². The number of aromatic nitrogens is 2. The fourth-order valence-corrected chi connectivity index (χ4v) is 3.17. The van der Waals surface area contributed by atoms with Gasteiger partial charge in [0.25, 0.3) is 0 Å². The van der Waals surface area contributed by atoms with Gasteiger partial charge in [0, 0.05) is 31.7 Å². The third-order valence-corrected chi connectivity index (χ3v) is 4.60. The molecule has 1 fully saturated rings. The van der Waals surface area contributed by atoms with Crippen molar-refractivity contribution in [2.75, 3.05) is 33.3 Å². The maximum absolute atomic E-state index is 13.1. The van der Waals surface area contributed by atoms with Gasteiger partial charge in [-0.05, 0) is 38.2 Å². The number of ether oxygens (including phenoxy) is 1. The molecule has 2 aromatic rings. The monoisotopic (exact) mass is 352 g/mol. The summed E-state index contributed by atoms with van der Waals surface area (Å²) in [6.45, 7) is 5.98. The lowest BCUT2D eigenvalue weighted by molar-refractivity contribution is -0.0182. The molecule has 1 saturated heterocycles. The molecule has 0 unspecified atom stereocenters. The average Bonchev–Trinajstić information content (AvgIpc) is 2.84. The molecule has 1 aliphatic rings. The van der Waals surface area contributed by atoms with Crippen LogP contribution in [0.3, 0.4) is 0 Å². The van der Waals surface area contributed by atoms with Crippen molar-refractivity contribution in [2.24, 2.45) is 0 Å². The van der Waals surface area contributed by atoms with Gasteiger partial charge in [-0.3, -0.25) is 0 Å². The third-order valence-electron chi connectivity index (χ3n) is 4.21. The van der Waals surface area contributed by atoms with Crippen molar-refractivity contribution in [1.82, 2.24) is 20.0 Å². The van der Waals surface area contributed by atoms with E-state index in [0.29, 0.717) is 11.7 Å². The van der Waals surface area contributed by atoms with Gasteiger partial charge in [0.15, 0.2) is 0 Å². The first-order valence-corrected chi connectivity index (χ1v) is 8.43. The zero-order valence-electron chi connectivity index (χ0n) is 13.9. The summed E-state index contributed by atoms with van der Waals surface area (Å²) >= 11 is 6.48. The van der Waals surface area contributed by atoms with Crippen LogP contribution in [0.15, 0.2) is 24.3 Å². The first kappa shape index (κ1) is 17.4. The number of benzene rings is 1. The summed E-state index contributed by atoms with van der Waals surface area (Å²) in [4.78, 5) is 2.26. The minimum atomic E-state index is -0.280. The van der Waals surface area contributed by atoms with Crippen molar-refractivity contribution in [1.29, 1.82) is 0 Å². The van der Waals surface area contributed by atoms with Crippen LogP contribution in [0, 0.1) is 12.7 Å². The first-order valence-electron chi connectivity index (χ1n) is 8.05. The zero-order valence-corrected chi connectivity index (χ0v) is 14.7. The van der Waals surface area contributed by atoms with Gasteiger partial charge in [-0.1, -0.05) is 11.6 Å². The van der Waals surface area contributed by atoms with Crippen molar-refractivity contribution in [3.63, 3.8) is 0 Å². The van der Waals surface area contributed by atoms with Gasteiger partial charge in [-0.2, -0.15) is 5.10 Å². The van der Waals surface area contributed by atoms with Gasteiger partial charge in [0.1, 0.15) is 11.0 Å². The molecular weight excluding hydrogens is 331 g/mol. The highest BCUT2D eigenvalue weighted by Gasteiger charge is 2.19. The van der Waals surface area contributed by atoms with E-state index in [0.717, 1.165) is 43.2 Å². The van der Waals surface area contributed by atoms with E-state index in [1.807, 2.05) is 6.92 Å². The van der Waals surface area contributed by atoms with Crippen molar-refractivity contribution in [2.45, 2.75) is 19.6 Å². The molecule has 1 aliphatic heterocycles. The molecule has 1 atom stereocenters. The van der Waals surface area contributed by atoms with E-state index in [1.54, 1.807) is 16.8 Å². The molecule has 3 rings (SSSR count). The average molecular weight is 353 g/mol. The van der Waals surface area contributed by atoms with E-state index >= 15 is 0 Å². The Morgan fingerprint density at radius 1 is 1.38 bits per heavy atom. The summed E-state index contributed by atoms with van der Waals surface area (Å²) in [6, 6.07) is 6.13. The largest absolute Gasteiger partial charge is 0.374 e. The maximum atomic E-state index is 13.1. The van der Waals surface area contributed by atoms with E-state index in [4.69, 9.17) is 16.3 Å². The summed E-state index contributed by atoms with van der Waals surface area (Å²) < 4.78 is 20.4. The van der Waals surface area contributed by atoms with E-state index < -0.39 is 0 Å². The van der Waals surface area contributed by atoms with Crippen molar-refractivity contribution in [3.05, 3.63) is 46.5 Å². The predicted molar refractivity (Wildman–Crippen MR) is 92.2 cm³/mol. The molecule has 2 heterocycles. The Morgan fingerprint density at radius 2 is 2.12 bits per heavy atom. The number of morpholine rings is 1. The smallest absolute Gasteiger partial charge is 0.137 e. The van der Waals surface area contributed by atoms with Crippen molar-refractivity contribution >= 4 is 11.6 Å². The Labute approximate surface area is 146 Å². The highest BCUT2D eigenvalue weighted by Crippen LogP contribution is 2.23. The molecule has 1 aromatic carbocycles. The lowest BCUT2D eigenvalue weighted by Gasteiger charge is -2.30. The van der Waals surface area contributed by atoms with Gasteiger partial charge >= 0.3 is 0 Å². The summed E-state index contributed by atoms with van der Waals surface area (Å²) in [5.41, 5.74) is 2.55. The molecule has 0 radical (unpaired) electrons. The number of hydrogen-bond donors (Lipinski definition) is 1.